The summed E-state index contributed by atoms with van der Waals surface area (Å²) in [5.74, 6) is 1.45. The molecule has 5 nitrogen and oxygen atoms in total. The van der Waals surface area contributed by atoms with E-state index in [4.69, 9.17) is 4.74 Å². The minimum absolute atomic E-state index is 0.0727. The van der Waals surface area contributed by atoms with Crippen molar-refractivity contribution in [2.75, 3.05) is 33.3 Å². The van der Waals surface area contributed by atoms with Crippen molar-refractivity contribution in [2.24, 2.45) is 5.92 Å². The predicted octanol–water partition coefficient (Wildman–Crippen LogP) is 5.77. The Morgan fingerprint density at radius 1 is 1.00 bits per heavy atom. The lowest BCUT2D eigenvalue weighted by atomic mass is 9.96. The predicted molar refractivity (Wildman–Crippen MR) is 145 cm³/mol. The third-order valence-corrected chi connectivity index (χ3v) is 7.20. The maximum absolute atomic E-state index is 13.7. The van der Waals surface area contributed by atoms with E-state index in [-0.39, 0.29) is 5.91 Å². The third-order valence-electron chi connectivity index (χ3n) is 7.20. The van der Waals surface area contributed by atoms with Crippen LogP contribution in [0.1, 0.15) is 34.5 Å². The van der Waals surface area contributed by atoms with Crippen molar-refractivity contribution in [1.82, 2.24) is 14.8 Å². The smallest absolute Gasteiger partial charge is 0.270 e. The number of para-hydroxylation sites is 1. The molecule has 1 aliphatic rings. The first-order valence-corrected chi connectivity index (χ1v) is 12.9. The number of rotatable bonds is 9. The Kier molecular flexibility index (Phi) is 7.67. The summed E-state index contributed by atoms with van der Waals surface area (Å²) < 4.78 is 5.38. The molecule has 1 fully saturated rings. The van der Waals surface area contributed by atoms with Crippen LogP contribution in [0.15, 0.2) is 84.9 Å². The number of aromatic nitrogens is 1. The van der Waals surface area contributed by atoms with Crippen LogP contribution in [0, 0.1) is 5.92 Å². The Bertz CT molecular complexity index is 1250. The molecule has 1 amide bonds. The van der Waals surface area contributed by atoms with E-state index in [0.717, 1.165) is 61.2 Å². The first kappa shape index (κ1) is 24.1. The van der Waals surface area contributed by atoms with Crippen molar-refractivity contribution in [3.05, 3.63) is 102 Å². The summed E-state index contributed by atoms with van der Waals surface area (Å²) in [6, 6.07) is 28.7. The van der Waals surface area contributed by atoms with Gasteiger partial charge in [0.1, 0.15) is 11.4 Å². The topological polar surface area (TPSA) is 48.6 Å². The average molecular weight is 482 g/mol. The number of hydrogen-bond donors (Lipinski definition) is 1. The van der Waals surface area contributed by atoms with Gasteiger partial charge in [-0.3, -0.25) is 4.79 Å². The number of H-pyrrole nitrogens is 1. The Morgan fingerprint density at radius 3 is 2.64 bits per heavy atom. The molecule has 1 saturated heterocycles. The van der Waals surface area contributed by atoms with E-state index in [1.54, 1.807) is 7.11 Å². The molecule has 186 valence electrons. The Balaban J connectivity index is 1.27. The Labute approximate surface area is 213 Å². The summed E-state index contributed by atoms with van der Waals surface area (Å²) >= 11 is 0. The lowest BCUT2D eigenvalue weighted by Gasteiger charge is -2.35. The van der Waals surface area contributed by atoms with Crippen LogP contribution >= 0.6 is 0 Å². The molecule has 0 saturated carbocycles. The largest absolute Gasteiger partial charge is 0.497 e. The maximum Gasteiger partial charge on any atom is 0.270 e. The van der Waals surface area contributed by atoms with Crippen molar-refractivity contribution in [3.63, 3.8) is 0 Å². The summed E-state index contributed by atoms with van der Waals surface area (Å²) in [6.07, 6.45) is 3.33. The highest BCUT2D eigenvalue weighted by atomic mass is 16.5. The molecule has 5 heteroatoms. The van der Waals surface area contributed by atoms with Gasteiger partial charge in [-0.2, -0.15) is 0 Å². The van der Waals surface area contributed by atoms with E-state index in [0.29, 0.717) is 18.2 Å². The van der Waals surface area contributed by atoms with E-state index in [1.807, 2.05) is 59.5 Å². The van der Waals surface area contributed by atoms with Crippen LogP contribution in [-0.4, -0.2) is 54.0 Å². The number of fused-ring (bicyclic) bond motifs is 1. The van der Waals surface area contributed by atoms with Gasteiger partial charge in [0.05, 0.1) is 7.11 Å². The van der Waals surface area contributed by atoms with Gasteiger partial charge in [0.15, 0.2) is 0 Å². The van der Waals surface area contributed by atoms with Crippen molar-refractivity contribution in [3.8, 4) is 5.75 Å². The van der Waals surface area contributed by atoms with Crippen LogP contribution in [0.2, 0.25) is 0 Å². The number of likely N-dealkylation sites (tertiary alicyclic amines) is 1. The number of carbonyl (C=O) groups is 1. The number of piperidine rings is 1. The van der Waals surface area contributed by atoms with E-state index in [1.165, 1.54) is 12.0 Å². The van der Waals surface area contributed by atoms with Crippen molar-refractivity contribution < 1.29 is 9.53 Å². The molecular formula is C31H35N3O2. The van der Waals surface area contributed by atoms with Crippen LogP contribution in [0.4, 0.5) is 0 Å². The molecule has 1 N–H and O–H groups in total. The van der Waals surface area contributed by atoms with Gasteiger partial charge in [-0.15, -0.1) is 0 Å². The van der Waals surface area contributed by atoms with E-state index in [9.17, 15) is 4.79 Å². The number of aromatic amines is 1. The van der Waals surface area contributed by atoms with Gasteiger partial charge < -0.3 is 19.5 Å². The van der Waals surface area contributed by atoms with Gasteiger partial charge in [-0.1, -0.05) is 60.7 Å². The average Bonchev–Trinajstić information content (AvgIpc) is 3.36. The van der Waals surface area contributed by atoms with Gasteiger partial charge in [0.25, 0.3) is 5.91 Å². The minimum Gasteiger partial charge on any atom is -0.497 e. The minimum atomic E-state index is 0.0727. The number of ether oxygens (including phenoxy) is 1. The molecule has 0 aliphatic carbocycles. The summed E-state index contributed by atoms with van der Waals surface area (Å²) in [5, 5.41) is 1.07. The fraction of sp³-hybridized carbons (Fsp3) is 0.323. The molecule has 3 aromatic carbocycles. The van der Waals surface area contributed by atoms with Gasteiger partial charge in [-0.25, -0.2) is 0 Å². The zero-order valence-electron chi connectivity index (χ0n) is 21.0. The summed E-state index contributed by atoms with van der Waals surface area (Å²) in [6.45, 7) is 4.55. The highest BCUT2D eigenvalue weighted by molar-refractivity contribution is 5.98. The maximum atomic E-state index is 13.7. The molecule has 1 aliphatic heterocycles. The molecule has 0 bridgehead atoms. The fourth-order valence-electron chi connectivity index (χ4n) is 5.31. The normalized spacial score (nSPS) is 16.2. The lowest BCUT2D eigenvalue weighted by molar-refractivity contribution is 0.0658. The molecule has 1 aromatic heterocycles. The second kappa shape index (κ2) is 11.4. The first-order chi connectivity index (χ1) is 17.7. The molecule has 1 atom stereocenters. The summed E-state index contributed by atoms with van der Waals surface area (Å²) in [7, 11) is 1.71. The second-order valence-corrected chi connectivity index (χ2v) is 9.85. The molecule has 0 radical (unpaired) electrons. The zero-order valence-corrected chi connectivity index (χ0v) is 21.0. The van der Waals surface area contributed by atoms with Gasteiger partial charge in [-0.05, 0) is 67.1 Å². The lowest BCUT2D eigenvalue weighted by Crippen LogP contribution is -2.43. The van der Waals surface area contributed by atoms with E-state index in [2.05, 4.69) is 40.2 Å². The summed E-state index contributed by atoms with van der Waals surface area (Å²) in [5.41, 5.74) is 4.13. The van der Waals surface area contributed by atoms with Crippen LogP contribution in [0.5, 0.6) is 5.75 Å². The van der Waals surface area contributed by atoms with Crippen molar-refractivity contribution in [1.29, 1.82) is 0 Å². The number of nitrogens with zero attached hydrogens (tertiary/aromatic N) is 2. The van der Waals surface area contributed by atoms with Gasteiger partial charge >= 0.3 is 0 Å². The third kappa shape index (κ3) is 5.97. The summed E-state index contributed by atoms with van der Waals surface area (Å²) in [4.78, 5) is 21.7. The molecule has 0 spiro atoms. The highest BCUT2D eigenvalue weighted by Crippen LogP contribution is 2.23. The molecule has 36 heavy (non-hydrogen) atoms. The number of hydrogen-bond acceptors (Lipinski definition) is 3. The second-order valence-electron chi connectivity index (χ2n) is 9.85. The molecule has 1 unspecified atom stereocenters. The SMILES string of the molecule is COc1cccc(CCN2CCCC(CN(Cc3ccccc3)C(=O)c3cc4ccccc4[nH]3)C2)c1. The quantitative estimate of drug-likeness (QED) is 0.330. The van der Waals surface area contributed by atoms with Crippen molar-refractivity contribution >= 4 is 16.8 Å². The molecule has 2 heterocycles. The number of methoxy groups -OCH3 is 1. The highest BCUT2D eigenvalue weighted by Gasteiger charge is 2.26. The number of benzene rings is 3. The number of amides is 1. The first-order valence-electron chi connectivity index (χ1n) is 12.9. The van der Waals surface area contributed by atoms with Crippen molar-refractivity contribution in [2.45, 2.75) is 25.8 Å². The molecular weight excluding hydrogens is 446 g/mol. The fourth-order valence-corrected chi connectivity index (χ4v) is 5.31. The zero-order chi connectivity index (χ0) is 24.7. The van der Waals surface area contributed by atoms with Gasteiger partial charge in [0.2, 0.25) is 0 Å². The number of nitrogens with one attached hydrogen (secondary N) is 1. The molecule has 4 aromatic rings. The van der Waals surface area contributed by atoms with Crippen LogP contribution in [-0.2, 0) is 13.0 Å². The Morgan fingerprint density at radius 2 is 1.81 bits per heavy atom. The van der Waals surface area contributed by atoms with E-state index >= 15 is 0 Å². The monoisotopic (exact) mass is 481 g/mol. The molecule has 5 rings (SSSR count). The van der Waals surface area contributed by atoms with Crippen LogP contribution in [0.3, 0.4) is 0 Å². The van der Waals surface area contributed by atoms with E-state index < -0.39 is 0 Å². The van der Waals surface area contributed by atoms with Gasteiger partial charge in [0, 0.05) is 37.1 Å². The standard InChI is InChI=1S/C31H35N3O2/c1-36-28-14-7-11-24(19-28)16-18-33-17-8-12-26(21-33)23-34(22-25-9-3-2-4-10-25)31(35)30-20-27-13-5-6-15-29(27)32-30/h2-7,9-11,13-15,19-20,26,32H,8,12,16-18,21-23H2,1H3. The van der Waals surface area contributed by atoms with Crippen LogP contribution in [0.25, 0.3) is 10.9 Å². The van der Waals surface area contributed by atoms with Crippen LogP contribution < -0.4 is 4.74 Å². The number of carbonyl (C=O) groups excluding carboxylic acids is 1. The Hall–Kier alpha value is -3.57.